The van der Waals surface area contributed by atoms with Crippen molar-refractivity contribution in [3.05, 3.63) is 58.3 Å². The van der Waals surface area contributed by atoms with Gasteiger partial charge in [0, 0.05) is 11.0 Å². The van der Waals surface area contributed by atoms with Gasteiger partial charge in [0.05, 0.1) is 19.3 Å². The molecule has 122 valence electrons. The minimum absolute atomic E-state index is 0.168. The minimum Gasteiger partial charge on any atom is -0.497 e. The summed E-state index contributed by atoms with van der Waals surface area (Å²) in [6, 6.07) is 12.2. The molecule has 0 aromatic heterocycles. The summed E-state index contributed by atoms with van der Waals surface area (Å²) < 4.78 is 19.4. The molecule has 0 atom stereocenters. The van der Waals surface area contributed by atoms with E-state index in [0.717, 1.165) is 11.3 Å². The van der Waals surface area contributed by atoms with Crippen molar-refractivity contribution in [1.29, 1.82) is 0 Å². The van der Waals surface area contributed by atoms with Gasteiger partial charge in [0.15, 0.2) is 0 Å². The van der Waals surface area contributed by atoms with Gasteiger partial charge in [-0.1, -0.05) is 28.1 Å². The Balaban J connectivity index is 1.88. The lowest BCUT2D eigenvalue weighted by atomic mass is 10.2. The van der Waals surface area contributed by atoms with Crippen molar-refractivity contribution in [2.24, 2.45) is 0 Å². The Kier molecular flexibility index (Phi) is 6.12. The van der Waals surface area contributed by atoms with Gasteiger partial charge in [-0.05, 0) is 42.9 Å². The predicted molar refractivity (Wildman–Crippen MR) is 92.1 cm³/mol. The normalized spacial score (nSPS) is 10.7. The SMILES string of the molecule is COc1ccc(CN(C)CC(=O)Nc2ccc(Br)cc2F)cc1. The van der Waals surface area contributed by atoms with Crippen LogP contribution in [0.25, 0.3) is 0 Å². The summed E-state index contributed by atoms with van der Waals surface area (Å²) in [5.41, 5.74) is 1.24. The molecule has 2 aromatic rings. The standard InChI is InChI=1S/C17H18BrFN2O2/c1-21(10-12-3-6-14(23-2)7-4-12)11-17(22)20-16-8-5-13(18)9-15(16)19/h3-9H,10-11H2,1-2H3,(H,20,22). The number of hydrogen-bond acceptors (Lipinski definition) is 3. The lowest BCUT2D eigenvalue weighted by Crippen LogP contribution is -2.30. The molecule has 0 aliphatic heterocycles. The van der Waals surface area contributed by atoms with Gasteiger partial charge in [-0.2, -0.15) is 0 Å². The van der Waals surface area contributed by atoms with E-state index in [1.165, 1.54) is 12.1 Å². The number of benzene rings is 2. The fourth-order valence-electron chi connectivity index (χ4n) is 2.12. The van der Waals surface area contributed by atoms with E-state index < -0.39 is 5.82 Å². The molecular formula is C17H18BrFN2O2. The smallest absolute Gasteiger partial charge is 0.238 e. The maximum atomic E-state index is 13.7. The molecule has 4 nitrogen and oxygen atoms in total. The molecule has 0 aliphatic rings. The highest BCUT2D eigenvalue weighted by atomic mass is 79.9. The molecule has 0 unspecified atom stereocenters. The second-order valence-electron chi connectivity index (χ2n) is 5.19. The third-order valence-electron chi connectivity index (χ3n) is 3.23. The maximum absolute atomic E-state index is 13.7. The molecule has 0 radical (unpaired) electrons. The molecule has 0 aliphatic carbocycles. The molecule has 6 heteroatoms. The average Bonchev–Trinajstić information content (AvgIpc) is 2.50. The fraction of sp³-hybridized carbons (Fsp3) is 0.235. The van der Waals surface area contributed by atoms with E-state index in [1.807, 2.05) is 36.2 Å². The van der Waals surface area contributed by atoms with Crippen molar-refractivity contribution in [3.63, 3.8) is 0 Å². The monoisotopic (exact) mass is 380 g/mol. The zero-order chi connectivity index (χ0) is 16.8. The number of nitrogens with zero attached hydrogens (tertiary/aromatic N) is 1. The number of ether oxygens (including phenoxy) is 1. The van der Waals surface area contributed by atoms with Crippen molar-refractivity contribution < 1.29 is 13.9 Å². The minimum atomic E-state index is -0.467. The largest absolute Gasteiger partial charge is 0.497 e. The van der Waals surface area contributed by atoms with E-state index in [4.69, 9.17) is 4.74 Å². The van der Waals surface area contributed by atoms with E-state index in [2.05, 4.69) is 21.2 Å². The number of nitrogens with one attached hydrogen (secondary N) is 1. The zero-order valence-electron chi connectivity index (χ0n) is 13.0. The van der Waals surface area contributed by atoms with Gasteiger partial charge < -0.3 is 10.1 Å². The van der Waals surface area contributed by atoms with Gasteiger partial charge in [-0.25, -0.2) is 4.39 Å². The van der Waals surface area contributed by atoms with Crippen LogP contribution < -0.4 is 10.1 Å². The Morgan fingerprint density at radius 2 is 1.96 bits per heavy atom. The predicted octanol–water partition coefficient (Wildman–Crippen LogP) is 3.67. The first-order valence-corrected chi connectivity index (χ1v) is 7.83. The van der Waals surface area contributed by atoms with Crippen LogP contribution in [-0.2, 0) is 11.3 Å². The first-order chi connectivity index (χ1) is 11.0. The highest BCUT2D eigenvalue weighted by molar-refractivity contribution is 9.10. The number of likely N-dealkylation sites (N-methyl/N-ethyl adjacent to an activating group) is 1. The molecule has 0 spiro atoms. The highest BCUT2D eigenvalue weighted by Gasteiger charge is 2.10. The van der Waals surface area contributed by atoms with Crippen molar-refractivity contribution in [1.82, 2.24) is 4.90 Å². The molecular weight excluding hydrogens is 363 g/mol. The van der Waals surface area contributed by atoms with E-state index in [-0.39, 0.29) is 18.1 Å². The molecule has 1 N–H and O–H groups in total. The zero-order valence-corrected chi connectivity index (χ0v) is 14.6. The molecule has 1 amide bonds. The number of amides is 1. The molecule has 0 bridgehead atoms. The lowest BCUT2D eigenvalue weighted by molar-refractivity contribution is -0.117. The van der Waals surface area contributed by atoms with Gasteiger partial charge in [0.2, 0.25) is 5.91 Å². The Morgan fingerprint density at radius 3 is 2.57 bits per heavy atom. The van der Waals surface area contributed by atoms with Crippen LogP contribution in [-0.4, -0.2) is 31.5 Å². The highest BCUT2D eigenvalue weighted by Crippen LogP contribution is 2.19. The van der Waals surface area contributed by atoms with Crippen LogP contribution in [0.15, 0.2) is 46.9 Å². The Labute approximate surface area is 143 Å². The van der Waals surface area contributed by atoms with Crippen LogP contribution in [0.2, 0.25) is 0 Å². The summed E-state index contributed by atoms with van der Waals surface area (Å²) in [5, 5.41) is 2.58. The first kappa shape index (κ1) is 17.4. The van der Waals surface area contributed by atoms with E-state index in [1.54, 1.807) is 13.2 Å². The van der Waals surface area contributed by atoms with Gasteiger partial charge >= 0.3 is 0 Å². The van der Waals surface area contributed by atoms with E-state index >= 15 is 0 Å². The summed E-state index contributed by atoms with van der Waals surface area (Å²) in [6.07, 6.45) is 0. The van der Waals surface area contributed by atoms with Crippen molar-refractivity contribution in [3.8, 4) is 5.75 Å². The fourth-order valence-corrected chi connectivity index (χ4v) is 2.46. The van der Waals surface area contributed by atoms with Gasteiger partial charge in [-0.3, -0.25) is 9.69 Å². The second-order valence-corrected chi connectivity index (χ2v) is 6.11. The van der Waals surface area contributed by atoms with Gasteiger partial charge in [0.1, 0.15) is 11.6 Å². The summed E-state index contributed by atoms with van der Waals surface area (Å²) in [7, 11) is 3.45. The number of methoxy groups -OCH3 is 1. The molecule has 0 fully saturated rings. The van der Waals surface area contributed by atoms with Gasteiger partial charge in [-0.15, -0.1) is 0 Å². The van der Waals surface area contributed by atoms with Gasteiger partial charge in [0.25, 0.3) is 0 Å². The molecule has 2 aromatic carbocycles. The maximum Gasteiger partial charge on any atom is 0.238 e. The first-order valence-electron chi connectivity index (χ1n) is 7.04. The number of carbonyl (C=O) groups excluding carboxylic acids is 1. The van der Waals surface area contributed by atoms with Crippen molar-refractivity contribution in [2.45, 2.75) is 6.54 Å². The quantitative estimate of drug-likeness (QED) is 0.831. The van der Waals surface area contributed by atoms with Crippen LogP contribution in [0.1, 0.15) is 5.56 Å². The van der Waals surface area contributed by atoms with Crippen molar-refractivity contribution >= 4 is 27.5 Å². The summed E-state index contributed by atoms with van der Waals surface area (Å²) >= 11 is 3.18. The van der Waals surface area contributed by atoms with Crippen LogP contribution >= 0.6 is 15.9 Å². The van der Waals surface area contributed by atoms with E-state index in [9.17, 15) is 9.18 Å². The number of anilines is 1. The molecule has 0 saturated carbocycles. The molecule has 2 rings (SSSR count). The number of rotatable bonds is 6. The third-order valence-corrected chi connectivity index (χ3v) is 3.72. The average molecular weight is 381 g/mol. The Bertz CT molecular complexity index is 677. The Morgan fingerprint density at radius 1 is 1.26 bits per heavy atom. The van der Waals surface area contributed by atoms with E-state index in [0.29, 0.717) is 11.0 Å². The summed E-state index contributed by atoms with van der Waals surface area (Å²) in [4.78, 5) is 13.9. The topological polar surface area (TPSA) is 41.6 Å². The molecule has 0 saturated heterocycles. The third kappa shape index (κ3) is 5.33. The Hall–Kier alpha value is -1.92. The summed E-state index contributed by atoms with van der Waals surface area (Å²) in [5.74, 6) is 0.0626. The number of halogens is 2. The van der Waals surface area contributed by atoms with Crippen LogP contribution in [0.5, 0.6) is 5.75 Å². The number of carbonyl (C=O) groups is 1. The molecule has 0 heterocycles. The van der Waals surface area contributed by atoms with Crippen molar-refractivity contribution in [2.75, 3.05) is 26.0 Å². The number of hydrogen-bond donors (Lipinski definition) is 1. The molecule has 23 heavy (non-hydrogen) atoms. The van der Waals surface area contributed by atoms with Crippen LogP contribution in [0.4, 0.5) is 10.1 Å². The van der Waals surface area contributed by atoms with Crippen LogP contribution in [0.3, 0.4) is 0 Å². The lowest BCUT2D eigenvalue weighted by Gasteiger charge is -2.16. The summed E-state index contributed by atoms with van der Waals surface area (Å²) in [6.45, 7) is 0.780. The van der Waals surface area contributed by atoms with Crippen LogP contribution in [0, 0.1) is 5.82 Å². The second kappa shape index (κ2) is 8.08.